The largest absolute Gasteiger partial charge is 0.486 e. The van der Waals surface area contributed by atoms with Crippen LogP contribution in [0.25, 0.3) is 0 Å². The van der Waals surface area contributed by atoms with Crippen molar-refractivity contribution in [2.45, 2.75) is 30.7 Å². The number of hydrogen-bond acceptors (Lipinski definition) is 5. The Labute approximate surface area is 139 Å². The lowest BCUT2D eigenvalue weighted by Crippen LogP contribution is -2.52. The molecular weight excluding hydrogens is 308 g/mol. The number of aliphatic hydroxyl groups excluding tert-OH is 1. The molecule has 24 heavy (non-hydrogen) atoms. The molecule has 0 radical (unpaired) electrons. The van der Waals surface area contributed by atoms with Gasteiger partial charge >= 0.3 is 0 Å². The molecule has 0 bridgehead atoms. The Kier molecular flexibility index (Phi) is 3.45. The van der Waals surface area contributed by atoms with Crippen LogP contribution in [0.5, 0.6) is 5.75 Å². The maximum Gasteiger partial charge on any atom is 0.254 e. The quantitative estimate of drug-likeness (QED) is 0.842. The molecule has 2 aliphatic rings. The Morgan fingerprint density at radius 2 is 2.17 bits per heavy atom. The number of fused-ring (bicyclic) bond motifs is 2. The van der Waals surface area contributed by atoms with Gasteiger partial charge in [-0.3, -0.25) is 9.48 Å². The Balaban J connectivity index is 1.53. The van der Waals surface area contributed by atoms with E-state index >= 15 is 0 Å². The van der Waals surface area contributed by atoms with E-state index in [0.717, 1.165) is 11.4 Å². The number of para-hydroxylation sites is 2. The number of benzene rings is 1. The highest BCUT2D eigenvalue weighted by Gasteiger charge is 2.49. The normalized spacial score (nSPS) is 28.0. The van der Waals surface area contributed by atoms with Gasteiger partial charge in [0.25, 0.3) is 5.91 Å². The third-order valence-electron chi connectivity index (χ3n) is 4.88. The van der Waals surface area contributed by atoms with Gasteiger partial charge in [-0.15, -0.1) is 0 Å². The van der Waals surface area contributed by atoms with Gasteiger partial charge in [-0.1, -0.05) is 12.1 Å². The van der Waals surface area contributed by atoms with Crippen LogP contribution in [-0.4, -0.2) is 52.1 Å². The fourth-order valence-corrected chi connectivity index (χ4v) is 3.69. The summed E-state index contributed by atoms with van der Waals surface area (Å²) in [5.41, 5.74) is 1.44. The van der Waals surface area contributed by atoms with Crippen LogP contribution in [0, 0.1) is 0 Å². The molecule has 1 aromatic carbocycles. The molecule has 1 aliphatic carbocycles. The van der Waals surface area contributed by atoms with E-state index < -0.39 is 6.10 Å². The molecule has 7 heteroatoms. The fourth-order valence-electron chi connectivity index (χ4n) is 3.69. The van der Waals surface area contributed by atoms with Crippen molar-refractivity contribution in [2.75, 3.05) is 11.9 Å². The molecule has 0 spiro atoms. The second kappa shape index (κ2) is 5.52. The molecule has 126 valence electrons. The molecule has 0 unspecified atom stereocenters. The van der Waals surface area contributed by atoms with Crippen LogP contribution in [0.15, 0.2) is 36.7 Å². The van der Waals surface area contributed by atoms with Gasteiger partial charge in [0.05, 0.1) is 35.6 Å². The van der Waals surface area contributed by atoms with Crippen molar-refractivity contribution in [2.24, 2.45) is 7.05 Å². The second-order valence-corrected chi connectivity index (χ2v) is 6.43. The van der Waals surface area contributed by atoms with Crippen molar-refractivity contribution >= 4 is 11.6 Å². The second-order valence-electron chi connectivity index (χ2n) is 6.43. The molecule has 4 rings (SSSR count). The topological polar surface area (TPSA) is 79.6 Å². The van der Waals surface area contributed by atoms with Crippen molar-refractivity contribution in [3.63, 3.8) is 0 Å². The summed E-state index contributed by atoms with van der Waals surface area (Å²) in [4.78, 5) is 14.4. The molecule has 2 N–H and O–H groups in total. The van der Waals surface area contributed by atoms with Crippen molar-refractivity contribution in [3.8, 4) is 5.75 Å². The number of nitrogens with one attached hydrogen (secondary N) is 1. The highest BCUT2D eigenvalue weighted by molar-refractivity contribution is 5.94. The van der Waals surface area contributed by atoms with Crippen molar-refractivity contribution < 1.29 is 14.6 Å². The van der Waals surface area contributed by atoms with E-state index in [1.807, 2.05) is 36.2 Å². The molecule has 1 fully saturated rings. The first kappa shape index (κ1) is 15.0. The number of aryl methyl sites for hydroxylation is 1. The highest BCUT2D eigenvalue weighted by Crippen LogP contribution is 2.40. The smallest absolute Gasteiger partial charge is 0.254 e. The summed E-state index contributed by atoms with van der Waals surface area (Å²) in [7, 11) is 3.71. The monoisotopic (exact) mass is 328 g/mol. The molecule has 1 amide bonds. The molecule has 4 atom stereocenters. The predicted molar refractivity (Wildman–Crippen MR) is 88.1 cm³/mol. The van der Waals surface area contributed by atoms with Crippen molar-refractivity contribution in [1.82, 2.24) is 15.1 Å². The Morgan fingerprint density at radius 3 is 2.92 bits per heavy atom. The summed E-state index contributed by atoms with van der Waals surface area (Å²) in [6.07, 6.45) is 2.88. The molecule has 2 aromatic rings. The van der Waals surface area contributed by atoms with Gasteiger partial charge in [0.15, 0.2) is 0 Å². The van der Waals surface area contributed by atoms with Gasteiger partial charge in [-0.05, 0) is 12.1 Å². The van der Waals surface area contributed by atoms with Crippen LogP contribution < -0.4 is 15.0 Å². The first-order valence-corrected chi connectivity index (χ1v) is 8.00. The zero-order valence-corrected chi connectivity index (χ0v) is 13.6. The van der Waals surface area contributed by atoms with E-state index in [9.17, 15) is 9.90 Å². The number of amides is 1. The zero-order chi connectivity index (χ0) is 16.8. The number of likely N-dealkylation sites (N-methyl/N-ethyl adjacent to an activating group) is 1. The Morgan fingerprint density at radius 1 is 1.38 bits per heavy atom. The number of anilines is 1. The molecule has 2 heterocycles. The average Bonchev–Trinajstić information content (AvgIpc) is 3.12. The number of carbonyl (C=O) groups is 1. The number of nitrogens with zero attached hydrogens (tertiary/aromatic N) is 3. The molecule has 7 nitrogen and oxygen atoms in total. The fraction of sp³-hybridized carbons (Fsp3) is 0.412. The van der Waals surface area contributed by atoms with Crippen LogP contribution in [0.1, 0.15) is 16.8 Å². The molecule has 1 saturated carbocycles. The predicted octanol–water partition coefficient (Wildman–Crippen LogP) is 0.549. The molecule has 1 aliphatic heterocycles. The van der Waals surface area contributed by atoms with E-state index in [0.29, 0.717) is 12.0 Å². The summed E-state index contributed by atoms with van der Waals surface area (Å²) in [6, 6.07) is 7.24. The third-order valence-corrected chi connectivity index (χ3v) is 4.88. The maximum atomic E-state index is 12.3. The van der Waals surface area contributed by atoms with Crippen molar-refractivity contribution in [1.29, 1.82) is 0 Å². The van der Waals surface area contributed by atoms with Gasteiger partial charge < -0.3 is 20.1 Å². The van der Waals surface area contributed by atoms with Gasteiger partial charge in [0, 0.05) is 26.7 Å². The van der Waals surface area contributed by atoms with Crippen molar-refractivity contribution in [3.05, 3.63) is 42.2 Å². The van der Waals surface area contributed by atoms with Crippen LogP contribution in [0.3, 0.4) is 0 Å². The minimum atomic E-state index is -0.700. The molecule has 1 aromatic heterocycles. The number of carbonyl (C=O) groups excluding carboxylic acids is 1. The lowest BCUT2D eigenvalue weighted by molar-refractivity contribution is 0.0826. The zero-order valence-electron chi connectivity index (χ0n) is 13.6. The number of aromatic nitrogens is 2. The summed E-state index contributed by atoms with van der Waals surface area (Å²) in [6.45, 7) is 0. The SMILES string of the molecule is CN1c2ccccc2O[C@@H]2C[C@@H](NC(=O)c3cnn(C)c3)[C@@H](O)[C@@H]21. The first-order valence-electron chi connectivity index (χ1n) is 8.00. The van der Waals surface area contributed by atoms with Gasteiger partial charge in [0.1, 0.15) is 11.9 Å². The van der Waals surface area contributed by atoms with Crippen LogP contribution in [0.4, 0.5) is 5.69 Å². The van der Waals surface area contributed by atoms with Gasteiger partial charge in [-0.25, -0.2) is 0 Å². The van der Waals surface area contributed by atoms with E-state index in [-0.39, 0.29) is 24.1 Å². The van der Waals surface area contributed by atoms with Gasteiger partial charge in [0.2, 0.25) is 0 Å². The summed E-state index contributed by atoms with van der Waals surface area (Å²) in [5, 5.41) is 17.6. The number of hydrogen-bond donors (Lipinski definition) is 2. The number of ether oxygens (including phenoxy) is 1. The molecule has 0 saturated heterocycles. The van der Waals surface area contributed by atoms with Crippen LogP contribution in [-0.2, 0) is 7.05 Å². The standard InChI is InChI=1S/C17H20N4O3/c1-20-9-10(8-18-20)17(23)19-11-7-14-15(16(11)22)21(2)12-5-3-4-6-13(12)24-14/h3-6,8-9,11,14-16,22H,7H2,1-2H3,(H,19,23)/t11-,14-,15-,16-/m1/s1. The maximum absolute atomic E-state index is 12.3. The van der Waals surface area contributed by atoms with E-state index in [1.54, 1.807) is 17.9 Å². The summed E-state index contributed by atoms with van der Waals surface area (Å²) >= 11 is 0. The number of rotatable bonds is 2. The lowest BCUT2D eigenvalue weighted by atomic mass is 10.1. The number of aliphatic hydroxyl groups is 1. The minimum absolute atomic E-state index is 0.154. The Bertz CT molecular complexity index is 775. The summed E-state index contributed by atoms with van der Waals surface area (Å²) < 4.78 is 7.63. The minimum Gasteiger partial charge on any atom is -0.486 e. The van der Waals surface area contributed by atoms with E-state index in [2.05, 4.69) is 10.4 Å². The summed E-state index contributed by atoms with van der Waals surface area (Å²) in [5.74, 6) is 0.582. The molecular formula is C17H20N4O3. The van der Waals surface area contributed by atoms with E-state index in [4.69, 9.17) is 4.74 Å². The van der Waals surface area contributed by atoms with Crippen LogP contribution in [0.2, 0.25) is 0 Å². The highest BCUT2D eigenvalue weighted by atomic mass is 16.5. The third kappa shape index (κ3) is 2.32. The van der Waals surface area contributed by atoms with Gasteiger partial charge in [-0.2, -0.15) is 5.10 Å². The Hall–Kier alpha value is -2.54. The average molecular weight is 328 g/mol. The lowest BCUT2D eigenvalue weighted by Gasteiger charge is -2.39. The van der Waals surface area contributed by atoms with Crippen LogP contribution >= 0.6 is 0 Å². The van der Waals surface area contributed by atoms with E-state index in [1.165, 1.54) is 6.20 Å². The first-order chi connectivity index (χ1) is 11.5.